The molecule has 0 radical (unpaired) electrons. The van der Waals surface area contributed by atoms with Gasteiger partial charge in [-0.2, -0.15) is 0 Å². The van der Waals surface area contributed by atoms with Crippen molar-refractivity contribution in [3.63, 3.8) is 0 Å². The summed E-state index contributed by atoms with van der Waals surface area (Å²) in [4.78, 5) is 22.3. The Morgan fingerprint density at radius 1 is 1.13 bits per heavy atom. The molecule has 1 aromatic heterocycles. The van der Waals surface area contributed by atoms with Crippen LogP contribution in [-0.4, -0.2) is 28.0 Å². The number of nitrogens with one attached hydrogen (secondary N) is 2. The first-order valence-corrected chi connectivity index (χ1v) is 7.82. The number of imidazole rings is 1. The number of benzene rings is 2. The Kier molecular flexibility index (Phi) is 3.26. The number of aromatic amines is 1. The van der Waals surface area contributed by atoms with Crippen LogP contribution in [0.5, 0.6) is 0 Å². The summed E-state index contributed by atoms with van der Waals surface area (Å²) in [6.45, 7) is 2.07. The first-order chi connectivity index (χ1) is 11.2. The third kappa shape index (κ3) is 2.44. The molecule has 1 fully saturated rings. The lowest BCUT2D eigenvalue weighted by Crippen LogP contribution is -2.35. The van der Waals surface area contributed by atoms with Crippen LogP contribution in [0.2, 0.25) is 0 Å². The number of anilines is 2. The normalized spacial score (nSPS) is 21.1. The number of rotatable bonds is 3. The fourth-order valence-corrected chi connectivity index (χ4v) is 3.21. The van der Waals surface area contributed by atoms with Gasteiger partial charge in [-0.1, -0.05) is 30.3 Å². The molecular formula is C18H18N4O. The van der Waals surface area contributed by atoms with E-state index in [4.69, 9.17) is 0 Å². The van der Waals surface area contributed by atoms with E-state index in [0.717, 1.165) is 23.1 Å². The number of hydrogen-bond acceptors (Lipinski definition) is 3. The van der Waals surface area contributed by atoms with E-state index in [0.29, 0.717) is 5.95 Å². The first kappa shape index (κ1) is 13.8. The summed E-state index contributed by atoms with van der Waals surface area (Å²) in [7, 11) is 0. The molecule has 1 aliphatic heterocycles. The van der Waals surface area contributed by atoms with Crippen LogP contribution in [-0.2, 0) is 4.79 Å². The van der Waals surface area contributed by atoms with Crippen molar-refractivity contribution in [2.75, 3.05) is 10.2 Å². The number of para-hydroxylation sites is 3. The van der Waals surface area contributed by atoms with Crippen molar-refractivity contribution in [2.24, 2.45) is 0 Å². The SMILES string of the molecule is CC1CC(Nc2nc3ccccc3[nH]2)C(=O)N1c1ccccc1. The molecule has 0 spiro atoms. The standard InChI is InChI=1S/C18H18N4O/c1-12-11-16(17(23)22(12)13-7-3-2-4-8-13)21-18-19-14-9-5-6-10-15(14)20-18/h2-10,12,16H,11H2,1H3,(H2,19,20,21). The van der Waals surface area contributed by atoms with E-state index >= 15 is 0 Å². The Morgan fingerprint density at radius 2 is 1.87 bits per heavy atom. The Balaban J connectivity index is 1.57. The molecule has 0 saturated carbocycles. The number of carbonyl (C=O) groups excluding carboxylic acids is 1. The second-order valence-corrected chi connectivity index (χ2v) is 5.93. The molecule has 116 valence electrons. The van der Waals surface area contributed by atoms with Gasteiger partial charge in [0.2, 0.25) is 11.9 Å². The maximum Gasteiger partial charge on any atom is 0.249 e. The lowest BCUT2D eigenvalue weighted by atomic mass is 10.2. The smallest absolute Gasteiger partial charge is 0.249 e. The number of carbonyl (C=O) groups is 1. The van der Waals surface area contributed by atoms with Crippen LogP contribution in [0.1, 0.15) is 13.3 Å². The van der Waals surface area contributed by atoms with Crippen molar-refractivity contribution in [1.82, 2.24) is 9.97 Å². The van der Waals surface area contributed by atoms with Crippen LogP contribution in [0.3, 0.4) is 0 Å². The van der Waals surface area contributed by atoms with Gasteiger partial charge < -0.3 is 15.2 Å². The van der Waals surface area contributed by atoms with Gasteiger partial charge in [-0.15, -0.1) is 0 Å². The summed E-state index contributed by atoms with van der Waals surface area (Å²) in [5.74, 6) is 0.732. The summed E-state index contributed by atoms with van der Waals surface area (Å²) in [6.07, 6.45) is 0.755. The molecule has 0 bridgehead atoms. The monoisotopic (exact) mass is 306 g/mol. The summed E-state index contributed by atoms with van der Waals surface area (Å²) >= 11 is 0. The molecule has 1 aliphatic rings. The molecule has 1 saturated heterocycles. The lowest BCUT2D eigenvalue weighted by molar-refractivity contribution is -0.117. The van der Waals surface area contributed by atoms with Gasteiger partial charge in [0.25, 0.3) is 0 Å². The van der Waals surface area contributed by atoms with Crippen LogP contribution >= 0.6 is 0 Å². The molecule has 2 heterocycles. The highest BCUT2D eigenvalue weighted by atomic mass is 16.2. The second-order valence-electron chi connectivity index (χ2n) is 5.93. The molecule has 2 unspecified atom stereocenters. The number of nitrogens with zero attached hydrogens (tertiary/aromatic N) is 2. The van der Waals surface area contributed by atoms with Gasteiger partial charge in [0, 0.05) is 11.7 Å². The van der Waals surface area contributed by atoms with Gasteiger partial charge in [0.15, 0.2) is 0 Å². The fourth-order valence-electron chi connectivity index (χ4n) is 3.21. The van der Waals surface area contributed by atoms with Crippen molar-refractivity contribution in [2.45, 2.75) is 25.4 Å². The molecule has 2 atom stereocenters. The molecular weight excluding hydrogens is 288 g/mol. The lowest BCUT2D eigenvalue weighted by Gasteiger charge is -2.21. The number of H-pyrrole nitrogens is 1. The zero-order valence-electron chi connectivity index (χ0n) is 12.9. The zero-order valence-corrected chi connectivity index (χ0v) is 12.9. The summed E-state index contributed by atoms with van der Waals surface area (Å²) in [5, 5.41) is 3.25. The summed E-state index contributed by atoms with van der Waals surface area (Å²) in [5.41, 5.74) is 2.81. The van der Waals surface area contributed by atoms with Gasteiger partial charge in [-0.25, -0.2) is 4.98 Å². The van der Waals surface area contributed by atoms with Gasteiger partial charge in [0.05, 0.1) is 11.0 Å². The average Bonchev–Trinajstić information content (AvgIpc) is 3.09. The zero-order chi connectivity index (χ0) is 15.8. The number of amides is 1. The third-order valence-corrected chi connectivity index (χ3v) is 4.29. The average molecular weight is 306 g/mol. The van der Waals surface area contributed by atoms with Crippen LogP contribution < -0.4 is 10.2 Å². The predicted molar refractivity (Wildman–Crippen MR) is 91.5 cm³/mol. The maximum absolute atomic E-state index is 12.8. The molecule has 23 heavy (non-hydrogen) atoms. The van der Waals surface area contributed by atoms with Crippen molar-refractivity contribution in [3.05, 3.63) is 54.6 Å². The van der Waals surface area contributed by atoms with E-state index in [9.17, 15) is 4.79 Å². The van der Waals surface area contributed by atoms with Crippen molar-refractivity contribution >= 4 is 28.6 Å². The molecule has 2 aromatic carbocycles. The van der Waals surface area contributed by atoms with E-state index in [2.05, 4.69) is 22.2 Å². The Bertz CT molecular complexity index is 809. The topological polar surface area (TPSA) is 61.0 Å². The largest absolute Gasteiger partial charge is 0.344 e. The molecule has 4 rings (SSSR count). The minimum Gasteiger partial charge on any atom is -0.344 e. The van der Waals surface area contributed by atoms with Gasteiger partial charge >= 0.3 is 0 Å². The minimum absolute atomic E-state index is 0.0872. The maximum atomic E-state index is 12.8. The summed E-state index contributed by atoms with van der Waals surface area (Å²) < 4.78 is 0. The first-order valence-electron chi connectivity index (χ1n) is 7.82. The van der Waals surface area contributed by atoms with E-state index in [1.165, 1.54) is 0 Å². The molecule has 1 amide bonds. The molecule has 5 nitrogen and oxygen atoms in total. The Hall–Kier alpha value is -2.82. The van der Waals surface area contributed by atoms with Crippen molar-refractivity contribution < 1.29 is 4.79 Å². The highest BCUT2D eigenvalue weighted by Gasteiger charge is 2.38. The Morgan fingerprint density at radius 3 is 2.65 bits per heavy atom. The highest BCUT2D eigenvalue weighted by molar-refractivity contribution is 6.01. The van der Waals surface area contributed by atoms with Crippen LogP contribution in [0, 0.1) is 0 Å². The van der Waals surface area contributed by atoms with Crippen molar-refractivity contribution in [1.29, 1.82) is 0 Å². The van der Waals surface area contributed by atoms with Crippen LogP contribution in [0.15, 0.2) is 54.6 Å². The number of fused-ring (bicyclic) bond motifs is 1. The molecule has 5 heteroatoms. The van der Waals surface area contributed by atoms with E-state index in [1.54, 1.807) is 0 Å². The van der Waals surface area contributed by atoms with Crippen molar-refractivity contribution in [3.8, 4) is 0 Å². The predicted octanol–water partition coefficient (Wildman–Crippen LogP) is 3.17. The summed E-state index contributed by atoms with van der Waals surface area (Å²) in [6, 6.07) is 17.5. The number of aromatic nitrogens is 2. The quantitative estimate of drug-likeness (QED) is 0.781. The molecule has 3 aromatic rings. The molecule has 0 aliphatic carbocycles. The van der Waals surface area contributed by atoms with E-state index in [-0.39, 0.29) is 18.0 Å². The van der Waals surface area contributed by atoms with E-state index < -0.39 is 0 Å². The second kappa shape index (κ2) is 5.43. The van der Waals surface area contributed by atoms with Gasteiger partial charge in [0.1, 0.15) is 6.04 Å². The van der Waals surface area contributed by atoms with Crippen LogP contribution in [0.25, 0.3) is 11.0 Å². The minimum atomic E-state index is -0.259. The highest BCUT2D eigenvalue weighted by Crippen LogP contribution is 2.28. The van der Waals surface area contributed by atoms with Gasteiger partial charge in [-0.05, 0) is 37.6 Å². The number of hydrogen-bond donors (Lipinski definition) is 2. The van der Waals surface area contributed by atoms with E-state index in [1.807, 2.05) is 59.5 Å². The molecule has 2 N–H and O–H groups in total. The fraction of sp³-hybridized carbons (Fsp3) is 0.222. The van der Waals surface area contributed by atoms with Crippen LogP contribution in [0.4, 0.5) is 11.6 Å². The third-order valence-electron chi connectivity index (χ3n) is 4.29. The Labute approximate surface area is 134 Å². The van der Waals surface area contributed by atoms with Gasteiger partial charge in [-0.3, -0.25) is 4.79 Å².